The molecule has 3 saturated carbocycles. The van der Waals surface area contributed by atoms with Crippen LogP contribution in [0.4, 0.5) is 0 Å². The Hall–Kier alpha value is -0.830. The SMILES string of the molecule is CC1C(=O)O[C@H]2C3=CC[C@H]4[C@@](C)(CCC5C[C@@]54C)[C@@H]3C[C@@H](O)[C@@H]12. The van der Waals surface area contributed by atoms with Crippen LogP contribution in [0.5, 0.6) is 0 Å². The molecule has 0 bridgehead atoms. The summed E-state index contributed by atoms with van der Waals surface area (Å²) >= 11 is 0. The Bertz CT molecular complexity index is 610. The van der Waals surface area contributed by atoms with Crippen LogP contribution >= 0.6 is 0 Å². The van der Waals surface area contributed by atoms with Gasteiger partial charge in [-0.3, -0.25) is 4.79 Å². The van der Waals surface area contributed by atoms with E-state index in [1.54, 1.807) is 0 Å². The third kappa shape index (κ3) is 1.63. The van der Waals surface area contributed by atoms with Crippen molar-refractivity contribution in [1.82, 2.24) is 0 Å². The lowest BCUT2D eigenvalue weighted by atomic mass is 9.49. The quantitative estimate of drug-likeness (QED) is 0.551. The number of fused-ring (bicyclic) bond motifs is 7. The number of hydrogen-bond acceptors (Lipinski definition) is 3. The molecule has 0 spiro atoms. The molecule has 23 heavy (non-hydrogen) atoms. The first-order valence-corrected chi connectivity index (χ1v) is 9.45. The second-order valence-corrected chi connectivity index (χ2v) is 9.52. The smallest absolute Gasteiger partial charge is 0.309 e. The third-order valence-corrected chi connectivity index (χ3v) is 8.66. The number of aliphatic hydroxyl groups excluding tert-OH is 1. The maximum atomic E-state index is 12.1. The number of allylic oxidation sites excluding steroid dienone is 1. The first-order chi connectivity index (χ1) is 10.9. The standard InChI is InChI=1S/C20H28O3/c1-10-16-14(21)8-13-12(17(16)23-18(10)22)4-5-15-19(13,2)7-6-11-9-20(11,15)3/h4,10-11,13-17,21H,5-9H2,1-3H3/t10?,11?,13-,14-,15+,16-,17+,19+,20+/m1/s1. The Labute approximate surface area is 138 Å². The molecule has 4 fully saturated rings. The van der Waals surface area contributed by atoms with Gasteiger partial charge in [0.2, 0.25) is 0 Å². The molecule has 1 N–H and O–H groups in total. The fourth-order valence-electron chi connectivity index (χ4n) is 7.15. The van der Waals surface area contributed by atoms with E-state index in [1.807, 2.05) is 6.92 Å². The van der Waals surface area contributed by atoms with Gasteiger partial charge in [0.15, 0.2) is 0 Å². The van der Waals surface area contributed by atoms with Crippen molar-refractivity contribution in [3.8, 4) is 0 Å². The van der Waals surface area contributed by atoms with Crippen LogP contribution in [0.1, 0.15) is 52.9 Å². The number of hydrogen-bond donors (Lipinski definition) is 1. The minimum absolute atomic E-state index is 0.0296. The molecule has 5 aliphatic rings. The largest absolute Gasteiger partial charge is 0.457 e. The fourth-order valence-corrected chi connectivity index (χ4v) is 7.15. The van der Waals surface area contributed by atoms with Crippen molar-refractivity contribution in [1.29, 1.82) is 0 Å². The van der Waals surface area contributed by atoms with Crippen molar-refractivity contribution in [2.75, 3.05) is 0 Å². The van der Waals surface area contributed by atoms with Crippen molar-refractivity contribution in [2.24, 2.45) is 40.4 Å². The molecule has 1 saturated heterocycles. The van der Waals surface area contributed by atoms with Crippen LogP contribution in [0.15, 0.2) is 11.6 Å². The molecule has 0 aromatic carbocycles. The van der Waals surface area contributed by atoms with Crippen molar-refractivity contribution >= 4 is 5.97 Å². The van der Waals surface area contributed by atoms with Crippen molar-refractivity contribution in [3.63, 3.8) is 0 Å². The molecule has 1 aliphatic heterocycles. The molecule has 0 radical (unpaired) electrons. The zero-order chi connectivity index (χ0) is 16.1. The molecule has 1 heterocycles. The second-order valence-electron chi connectivity index (χ2n) is 9.52. The van der Waals surface area contributed by atoms with Crippen LogP contribution in [0, 0.1) is 40.4 Å². The zero-order valence-corrected chi connectivity index (χ0v) is 14.4. The van der Waals surface area contributed by atoms with Crippen LogP contribution in [-0.2, 0) is 9.53 Å². The molecule has 0 aromatic heterocycles. The molecule has 5 rings (SSSR count). The summed E-state index contributed by atoms with van der Waals surface area (Å²) in [6, 6.07) is 0. The highest BCUT2D eigenvalue weighted by atomic mass is 16.6. The van der Waals surface area contributed by atoms with Gasteiger partial charge in [0.05, 0.1) is 12.0 Å². The number of ether oxygens (including phenoxy) is 1. The first kappa shape index (κ1) is 14.5. The summed E-state index contributed by atoms with van der Waals surface area (Å²) in [6.45, 7) is 6.86. The Morgan fingerprint density at radius 2 is 2.09 bits per heavy atom. The van der Waals surface area contributed by atoms with Crippen LogP contribution < -0.4 is 0 Å². The normalized spacial score (nSPS) is 59.9. The third-order valence-electron chi connectivity index (χ3n) is 8.66. The molecule has 3 heteroatoms. The number of esters is 1. The van der Waals surface area contributed by atoms with Gasteiger partial charge in [0.1, 0.15) is 6.10 Å². The molecule has 9 atom stereocenters. The number of aliphatic hydroxyl groups is 1. The lowest BCUT2D eigenvalue weighted by Crippen LogP contribution is -2.53. The minimum Gasteiger partial charge on any atom is -0.457 e. The highest BCUT2D eigenvalue weighted by Crippen LogP contribution is 2.73. The molecule has 4 aliphatic carbocycles. The van der Waals surface area contributed by atoms with E-state index in [9.17, 15) is 9.90 Å². The van der Waals surface area contributed by atoms with Crippen molar-refractivity contribution in [2.45, 2.75) is 65.1 Å². The monoisotopic (exact) mass is 316 g/mol. The topological polar surface area (TPSA) is 46.5 Å². The number of rotatable bonds is 0. The van der Waals surface area contributed by atoms with Crippen LogP contribution in [0.3, 0.4) is 0 Å². The summed E-state index contributed by atoms with van der Waals surface area (Å²) in [4.78, 5) is 12.1. The highest BCUT2D eigenvalue weighted by molar-refractivity contribution is 5.76. The Balaban J connectivity index is 1.56. The second kappa shape index (κ2) is 4.22. The molecule has 0 aromatic rings. The number of carbonyl (C=O) groups is 1. The predicted molar refractivity (Wildman–Crippen MR) is 86.4 cm³/mol. The van der Waals surface area contributed by atoms with E-state index in [0.29, 0.717) is 11.3 Å². The summed E-state index contributed by atoms with van der Waals surface area (Å²) in [5, 5.41) is 10.8. The summed E-state index contributed by atoms with van der Waals surface area (Å²) in [6.07, 6.45) is 7.81. The molecular weight excluding hydrogens is 288 g/mol. The predicted octanol–water partition coefficient (Wildman–Crippen LogP) is 3.32. The summed E-state index contributed by atoms with van der Waals surface area (Å²) in [5.74, 6) is 1.75. The zero-order valence-electron chi connectivity index (χ0n) is 14.4. The lowest BCUT2D eigenvalue weighted by Gasteiger charge is -2.56. The molecule has 0 amide bonds. The van der Waals surface area contributed by atoms with E-state index in [2.05, 4.69) is 19.9 Å². The Kier molecular flexibility index (Phi) is 2.66. The Morgan fingerprint density at radius 1 is 1.30 bits per heavy atom. The van der Waals surface area contributed by atoms with Gasteiger partial charge in [-0.25, -0.2) is 0 Å². The average Bonchev–Trinajstić information content (AvgIpc) is 3.09. The molecular formula is C20H28O3. The van der Waals surface area contributed by atoms with E-state index in [1.165, 1.54) is 24.8 Å². The summed E-state index contributed by atoms with van der Waals surface area (Å²) < 4.78 is 5.74. The molecule has 2 unspecified atom stereocenters. The molecule has 3 nitrogen and oxygen atoms in total. The molecule has 126 valence electrons. The van der Waals surface area contributed by atoms with Gasteiger partial charge in [0, 0.05) is 5.92 Å². The van der Waals surface area contributed by atoms with Gasteiger partial charge in [-0.15, -0.1) is 0 Å². The van der Waals surface area contributed by atoms with Gasteiger partial charge in [-0.1, -0.05) is 26.8 Å². The van der Waals surface area contributed by atoms with Crippen LogP contribution in [0.25, 0.3) is 0 Å². The average molecular weight is 316 g/mol. The highest BCUT2D eigenvalue weighted by Gasteiger charge is 2.67. The fraction of sp³-hybridized carbons (Fsp3) is 0.850. The van der Waals surface area contributed by atoms with Crippen molar-refractivity contribution in [3.05, 3.63) is 11.6 Å². The van der Waals surface area contributed by atoms with E-state index in [4.69, 9.17) is 4.74 Å². The van der Waals surface area contributed by atoms with Gasteiger partial charge >= 0.3 is 5.97 Å². The minimum atomic E-state index is -0.399. The van der Waals surface area contributed by atoms with Gasteiger partial charge in [-0.2, -0.15) is 0 Å². The summed E-state index contributed by atoms with van der Waals surface area (Å²) in [7, 11) is 0. The lowest BCUT2D eigenvalue weighted by molar-refractivity contribution is -0.143. The maximum Gasteiger partial charge on any atom is 0.309 e. The number of carbonyl (C=O) groups excluding carboxylic acids is 1. The van der Waals surface area contributed by atoms with Crippen molar-refractivity contribution < 1.29 is 14.6 Å². The van der Waals surface area contributed by atoms with Crippen LogP contribution in [-0.4, -0.2) is 23.3 Å². The van der Waals surface area contributed by atoms with Gasteiger partial charge in [0.25, 0.3) is 0 Å². The Morgan fingerprint density at radius 3 is 2.87 bits per heavy atom. The summed E-state index contributed by atoms with van der Waals surface area (Å²) in [5.41, 5.74) is 2.14. The van der Waals surface area contributed by atoms with E-state index in [-0.39, 0.29) is 29.3 Å². The van der Waals surface area contributed by atoms with Crippen LogP contribution in [0.2, 0.25) is 0 Å². The van der Waals surface area contributed by atoms with Gasteiger partial charge in [-0.05, 0) is 66.3 Å². The maximum absolute atomic E-state index is 12.1. The van der Waals surface area contributed by atoms with Gasteiger partial charge < -0.3 is 9.84 Å². The van der Waals surface area contributed by atoms with E-state index < -0.39 is 6.10 Å². The van der Waals surface area contributed by atoms with E-state index in [0.717, 1.165) is 24.7 Å². The first-order valence-electron chi connectivity index (χ1n) is 9.45. The van der Waals surface area contributed by atoms with E-state index >= 15 is 0 Å².